The lowest BCUT2D eigenvalue weighted by atomic mass is 9.61. The number of hydrogen-bond donors (Lipinski definition) is 0. The average Bonchev–Trinajstić information content (AvgIpc) is 2.83. The van der Waals surface area contributed by atoms with Gasteiger partial charge in [-0.05, 0) is 32.6 Å². The fourth-order valence-electron chi connectivity index (χ4n) is 3.49. The summed E-state index contributed by atoms with van der Waals surface area (Å²) in [5, 5.41) is 9.69. The third-order valence-electron chi connectivity index (χ3n) is 5.60. The van der Waals surface area contributed by atoms with Gasteiger partial charge in [0.2, 0.25) is 0 Å². The SMILES string of the molecule is CCC(C)(C)C(=O)OC1CC(C)C2OC(=O)CC2(C#N)C1C. The summed E-state index contributed by atoms with van der Waals surface area (Å²) in [6, 6.07) is 2.31. The molecule has 0 radical (unpaired) electrons. The molecule has 2 fully saturated rings. The second-order valence-corrected chi connectivity index (χ2v) is 7.42. The van der Waals surface area contributed by atoms with Crippen LogP contribution in [0.15, 0.2) is 0 Å². The summed E-state index contributed by atoms with van der Waals surface area (Å²) in [4.78, 5) is 24.1. The van der Waals surface area contributed by atoms with Gasteiger partial charge in [0.05, 0.1) is 17.9 Å². The van der Waals surface area contributed by atoms with E-state index in [4.69, 9.17) is 9.47 Å². The molecule has 5 nitrogen and oxygen atoms in total. The van der Waals surface area contributed by atoms with Crippen molar-refractivity contribution in [3.63, 3.8) is 0 Å². The van der Waals surface area contributed by atoms with Crippen LogP contribution >= 0.6 is 0 Å². The Morgan fingerprint density at radius 2 is 2.14 bits per heavy atom. The molecule has 1 saturated heterocycles. The van der Waals surface area contributed by atoms with Crippen LogP contribution in [0.4, 0.5) is 0 Å². The van der Waals surface area contributed by atoms with Crippen LogP contribution in [0.1, 0.15) is 53.9 Å². The van der Waals surface area contributed by atoms with Crippen molar-refractivity contribution in [2.45, 2.75) is 66.1 Å². The van der Waals surface area contributed by atoms with Gasteiger partial charge in [0.25, 0.3) is 0 Å². The quantitative estimate of drug-likeness (QED) is 0.749. The second-order valence-electron chi connectivity index (χ2n) is 7.42. The maximum atomic E-state index is 12.4. The molecule has 1 aliphatic carbocycles. The van der Waals surface area contributed by atoms with Crippen molar-refractivity contribution in [1.29, 1.82) is 5.26 Å². The number of ether oxygens (including phenoxy) is 2. The third kappa shape index (κ3) is 2.49. The predicted molar refractivity (Wildman–Crippen MR) is 79.4 cm³/mol. The molecule has 5 unspecified atom stereocenters. The summed E-state index contributed by atoms with van der Waals surface area (Å²) in [5.41, 5.74) is -1.42. The molecular weight excluding hydrogens is 282 g/mol. The number of carbonyl (C=O) groups is 2. The first kappa shape index (κ1) is 16.8. The Bertz CT molecular complexity index is 521. The first-order valence-electron chi connectivity index (χ1n) is 7.99. The van der Waals surface area contributed by atoms with Gasteiger partial charge < -0.3 is 9.47 Å². The van der Waals surface area contributed by atoms with Crippen LogP contribution in [0, 0.1) is 34.0 Å². The standard InChI is InChI=1S/C17H25NO4/c1-6-16(4,5)15(20)21-12-7-10(2)14-17(9-18,11(12)3)8-13(19)22-14/h10-12,14H,6-8H2,1-5H3. The Labute approximate surface area is 132 Å². The van der Waals surface area contributed by atoms with Crippen molar-refractivity contribution in [2.24, 2.45) is 22.7 Å². The molecular formula is C17H25NO4. The van der Waals surface area contributed by atoms with Gasteiger partial charge in [-0.1, -0.05) is 20.8 Å². The molecule has 5 heteroatoms. The van der Waals surface area contributed by atoms with Crippen LogP contribution in [0.3, 0.4) is 0 Å². The molecule has 0 N–H and O–H groups in total. The van der Waals surface area contributed by atoms with E-state index in [9.17, 15) is 14.9 Å². The van der Waals surface area contributed by atoms with Crippen LogP contribution in [0.2, 0.25) is 0 Å². The zero-order valence-corrected chi connectivity index (χ0v) is 14.0. The fraction of sp³-hybridized carbons (Fsp3) is 0.824. The van der Waals surface area contributed by atoms with Crippen molar-refractivity contribution in [3.8, 4) is 6.07 Å². The van der Waals surface area contributed by atoms with Gasteiger partial charge in [-0.25, -0.2) is 0 Å². The minimum atomic E-state index is -0.879. The summed E-state index contributed by atoms with van der Waals surface area (Å²) < 4.78 is 11.1. The van der Waals surface area contributed by atoms with Crippen LogP contribution in [0.5, 0.6) is 0 Å². The first-order valence-corrected chi connectivity index (χ1v) is 7.99. The molecule has 0 aromatic rings. The molecule has 1 saturated carbocycles. The molecule has 0 bridgehead atoms. The maximum absolute atomic E-state index is 12.4. The van der Waals surface area contributed by atoms with Gasteiger partial charge in [0.15, 0.2) is 0 Å². The van der Waals surface area contributed by atoms with Gasteiger partial charge in [-0.15, -0.1) is 0 Å². The molecule has 0 spiro atoms. The number of carbonyl (C=O) groups excluding carboxylic acids is 2. The number of nitrogens with zero attached hydrogens (tertiary/aromatic N) is 1. The zero-order chi connectivity index (χ0) is 16.7. The molecule has 0 aromatic heterocycles. The summed E-state index contributed by atoms with van der Waals surface area (Å²) in [5.74, 6) is -0.784. The molecule has 2 rings (SSSR count). The zero-order valence-electron chi connectivity index (χ0n) is 14.0. The second kappa shape index (κ2) is 5.57. The van der Waals surface area contributed by atoms with Gasteiger partial charge in [-0.2, -0.15) is 5.26 Å². The molecule has 1 aliphatic heterocycles. The molecule has 1 heterocycles. The largest absolute Gasteiger partial charge is 0.462 e. The predicted octanol–water partition coefficient (Wildman–Crippen LogP) is 2.84. The topological polar surface area (TPSA) is 76.4 Å². The summed E-state index contributed by atoms with van der Waals surface area (Å²) in [6.45, 7) is 9.51. The van der Waals surface area contributed by atoms with Crippen LogP contribution < -0.4 is 0 Å². The highest BCUT2D eigenvalue weighted by Gasteiger charge is 2.61. The van der Waals surface area contributed by atoms with Crippen molar-refractivity contribution < 1.29 is 19.1 Å². The smallest absolute Gasteiger partial charge is 0.311 e. The van der Waals surface area contributed by atoms with E-state index in [1.54, 1.807) is 0 Å². The molecule has 0 amide bonds. The van der Waals surface area contributed by atoms with Gasteiger partial charge in [0, 0.05) is 5.92 Å². The van der Waals surface area contributed by atoms with E-state index in [-0.39, 0.29) is 36.3 Å². The summed E-state index contributed by atoms with van der Waals surface area (Å²) in [6.07, 6.45) is 0.655. The van der Waals surface area contributed by atoms with E-state index in [1.807, 2.05) is 34.6 Å². The Balaban J connectivity index is 2.24. The van der Waals surface area contributed by atoms with Crippen molar-refractivity contribution >= 4 is 11.9 Å². The van der Waals surface area contributed by atoms with Gasteiger partial charge >= 0.3 is 11.9 Å². The number of hydrogen-bond acceptors (Lipinski definition) is 5. The third-order valence-corrected chi connectivity index (χ3v) is 5.60. The summed E-state index contributed by atoms with van der Waals surface area (Å²) >= 11 is 0. The lowest BCUT2D eigenvalue weighted by molar-refractivity contribution is -0.174. The molecule has 122 valence electrons. The van der Waals surface area contributed by atoms with Crippen molar-refractivity contribution in [1.82, 2.24) is 0 Å². The minimum Gasteiger partial charge on any atom is -0.462 e. The lowest BCUT2D eigenvalue weighted by Gasteiger charge is -2.45. The maximum Gasteiger partial charge on any atom is 0.311 e. The number of rotatable bonds is 3. The van der Waals surface area contributed by atoms with E-state index < -0.39 is 16.9 Å². The van der Waals surface area contributed by atoms with E-state index in [1.165, 1.54) is 0 Å². The monoisotopic (exact) mass is 307 g/mol. The van der Waals surface area contributed by atoms with Crippen molar-refractivity contribution in [3.05, 3.63) is 0 Å². The Morgan fingerprint density at radius 1 is 1.50 bits per heavy atom. The van der Waals surface area contributed by atoms with E-state index >= 15 is 0 Å². The number of fused-ring (bicyclic) bond motifs is 1. The average molecular weight is 307 g/mol. The minimum absolute atomic E-state index is 0.00448. The van der Waals surface area contributed by atoms with Crippen LogP contribution in [0.25, 0.3) is 0 Å². The van der Waals surface area contributed by atoms with Gasteiger partial charge in [-0.3, -0.25) is 9.59 Å². The van der Waals surface area contributed by atoms with E-state index in [0.29, 0.717) is 12.8 Å². The lowest BCUT2D eigenvalue weighted by Crippen LogP contribution is -2.52. The van der Waals surface area contributed by atoms with E-state index in [0.717, 1.165) is 0 Å². The summed E-state index contributed by atoms with van der Waals surface area (Å²) in [7, 11) is 0. The Hall–Kier alpha value is -1.57. The molecule has 5 atom stereocenters. The van der Waals surface area contributed by atoms with E-state index in [2.05, 4.69) is 6.07 Å². The van der Waals surface area contributed by atoms with Crippen molar-refractivity contribution in [2.75, 3.05) is 0 Å². The first-order chi connectivity index (χ1) is 10.2. The Kier molecular flexibility index (Phi) is 4.25. The fourth-order valence-corrected chi connectivity index (χ4v) is 3.49. The van der Waals surface area contributed by atoms with Crippen LogP contribution in [-0.2, 0) is 19.1 Å². The number of esters is 2. The molecule has 2 aliphatic rings. The molecule has 22 heavy (non-hydrogen) atoms. The van der Waals surface area contributed by atoms with Gasteiger partial charge in [0.1, 0.15) is 17.6 Å². The Morgan fingerprint density at radius 3 is 2.68 bits per heavy atom. The highest BCUT2D eigenvalue weighted by Crippen LogP contribution is 2.52. The van der Waals surface area contributed by atoms with Crippen LogP contribution in [-0.4, -0.2) is 24.1 Å². The number of nitriles is 1. The highest BCUT2D eigenvalue weighted by atomic mass is 16.6. The normalized spacial score (nSPS) is 37.9. The highest BCUT2D eigenvalue weighted by molar-refractivity contribution is 5.76. The molecule has 0 aromatic carbocycles.